The van der Waals surface area contributed by atoms with Gasteiger partial charge in [-0.05, 0) is 24.3 Å². The molecule has 4 aromatic rings. The lowest BCUT2D eigenvalue weighted by atomic mass is 10.1. The van der Waals surface area contributed by atoms with Crippen molar-refractivity contribution in [2.24, 2.45) is 5.92 Å². The Hall–Kier alpha value is -4.07. The number of carbonyl (C=O) groups excluding carboxylic acids is 2. The summed E-state index contributed by atoms with van der Waals surface area (Å²) in [6.45, 7) is 0.521. The second-order valence-electron chi connectivity index (χ2n) is 7.66. The number of nitrogens with one attached hydrogen (secondary N) is 1. The Morgan fingerprint density at radius 3 is 2.88 bits per heavy atom. The van der Waals surface area contributed by atoms with Crippen molar-refractivity contribution < 1.29 is 23.3 Å². The van der Waals surface area contributed by atoms with Gasteiger partial charge < -0.3 is 23.9 Å². The molecule has 2 aromatic carbocycles. The van der Waals surface area contributed by atoms with Crippen molar-refractivity contribution >= 4 is 28.5 Å². The summed E-state index contributed by atoms with van der Waals surface area (Å²) in [5, 5.41) is 7.84. The van der Waals surface area contributed by atoms with Crippen molar-refractivity contribution in [1.82, 2.24) is 10.5 Å². The molecular weight excluding hydrogens is 410 g/mol. The summed E-state index contributed by atoms with van der Waals surface area (Å²) in [6, 6.07) is 18.5. The molecule has 32 heavy (non-hydrogen) atoms. The number of furan rings is 1. The smallest absolute Gasteiger partial charge is 0.227 e. The van der Waals surface area contributed by atoms with Crippen LogP contribution < -0.4 is 15.0 Å². The molecule has 3 heterocycles. The maximum atomic E-state index is 12.7. The number of nitrogens with zero attached hydrogens (tertiary/aromatic N) is 2. The minimum absolute atomic E-state index is 0.0907. The molecule has 8 nitrogen and oxygen atoms in total. The van der Waals surface area contributed by atoms with Gasteiger partial charge in [-0.3, -0.25) is 9.59 Å². The molecule has 1 aliphatic heterocycles. The Morgan fingerprint density at radius 1 is 1.16 bits per heavy atom. The van der Waals surface area contributed by atoms with E-state index in [1.807, 2.05) is 48.5 Å². The van der Waals surface area contributed by atoms with Gasteiger partial charge in [0.1, 0.15) is 17.0 Å². The molecule has 1 aliphatic rings. The fourth-order valence-electron chi connectivity index (χ4n) is 3.85. The molecule has 0 spiro atoms. The number of amides is 2. The zero-order chi connectivity index (χ0) is 22.1. The molecule has 1 fully saturated rings. The van der Waals surface area contributed by atoms with E-state index in [1.54, 1.807) is 24.1 Å². The molecule has 2 aromatic heterocycles. The first kappa shape index (κ1) is 19.9. The summed E-state index contributed by atoms with van der Waals surface area (Å²) in [4.78, 5) is 26.7. The number of ether oxygens (including phenoxy) is 1. The van der Waals surface area contributed by atoms with E-state index in [0.717, 1.165) is 16.7 Å². The molecule has 1 unspecified atom stereocenters. The SMILES string of the molecule is COc1cccc(N2CC(C(=O)NCc3cc(-c4cc5ccccc5o4)on3)CC2=O)c1. The van der Waals surface area contributed by atoms with Crippen molar-refractivity contribution in [2.45, 2.75) is 13.0 Å². The Kier molecular flexibility index (Phi) is 5.10. The van der Waals surface area contributed by atoms with Gasteiger partial charge in [-0.2, -0.15) is 0 Å². The first-order chi connectivity index (χ1) is 15.6. The summed E-state index contributed by atoms with van der Waals surface area (Å²) in [6.07, 6.45) is 0.159. The van der Waals surface area contributed by atoms with Crippen molar-refractivity contribution in [3.8, 4) is 17.3 Å². The van der Waals surface area contributed by atoms with Gasteiger partial charge >= 0.3 is 0 Å². The van der Waals surface area contributed by atoms with Gasteiger partial charge in [0, 0.05) is 36.2 Å². The topological polar surface area (TPSA) is 97.8 Å². The summed E-state index contributed by atoms with van der Waals surface area (Å²) in [5.74, 6) is 1.01. The number of hydrogen-bond acceptors (Lipinski definition) is 6. The number of fused-ring (bicyclic) bond motifs is 1. The first-order valence-electron chi connectivity index (χ1n) is 10.3. The van der Waals surface area contributed by atoms with Gasteiger partial charge in [-0.1, -0.05) is 29.4 Å². The van der Waals surface area contributed by atoms with Crippen molar-refractivity contribution in [2.75, 3.05) is 18.6 Å². The Morgan fingerprint density at radius 2 is 2.03 bits per heavy atom. The minimum Gasteiger partial charge on any atom is -0.497 e. The van der Waals surface area contributed by atoms with E-state index in [-0.39, 0.29) is 24.8 Å². The largest absolute Gasteiger partial charge is 0.497 e. The summed E-state index contributed by atoms with van der Waals surface area (Å²) >= 11 is 0. The minimum atomic E-state index is -0.435. The highest BCUT2D eigenvalue weighted by atomic mass is 16.5. The normalized spacial score (nSPS) is 16.0. The fourth-order valence-corrected chi connectivity index (χ4v) is 3.85. The van der Waals surface area contributed by atoms with Crippen LogP contribution in [-0.2, 0) is 16.1 Å². The van der Waals surface area contributed by atoms with Crippen LogP contribution >= 0.6 is 0 Å². The molecule has 5 rings (SSSR count). The fraction of sp³-hybridized carbons (Fsp3) is 0.208. The van der Waals surface area contributed by atoms with Gasteiger partial charge in [0.05, 0.1) is 19.6 Å². The van der Waals surface area contributed by atoms with E-state index in [1.165, 1.54) is 0 Å². The maximum Gasteiger partial charge on any atom is 0.227 e. The number of benzene rings is 2. The number of anilines is 1. The third-order valence-corrected chi connectivity index (χ3v) is 5.53. The second-order valence-corrected chi connectivity index (χ2v) is 7.66. The predicted molar refractivity (Wildman–Crippen MR) is 117 cm³/mol. The average molecular weight is 431 g/mol. The van der Waals surface area contributed by atoms with Gasteiger partial charge in [0.25, 0.3) is 0 Å². The molecule has 2 amide bonds. The van der Waals surface area contributed by atoms with Crippen LogP contribution in [0, 0.1) is 5.92 Å². The van der Waals surface area contributed by atoms with Crippen LogP contribution in [0.5, 0.6) is 5.75 Å². The molecule has 8 heteroatoms. The first-order valence-corrected chi connectivity index (χ1v) is 10.3. The standard InChI is InChI=1S/C24H21N3O5/c1-30-19-7-4-6-18(12-19)27-14-16(10-23(27)28)24(29)25-13-17-11-22(32-26-17)21-9-15-5-2-3-8-20(15)31-21/h2-9,11-12,16H,10,13-14H2,1H3,(H,25,29). The highest BCUT2D eigenvalue weighted by Gasteiger charge is 2.35. The van der Waals surface area contributed by atoms with Crippen LogP contribution in [0.25, 0.3) is 22.5 Å². The van der Waals surface area contributed by atoms with E-state index in [2.05, 4.69) is 10.5 Å². The monoisotopic (exact) mass is 431 g/mol. The number of para-hydroxylation sites is 1. The van der Waals surface area contributed by atoms with Gasteiger partial charge in [0.2, 0.25) is 17.6 Å². The number of carbonyl (C=O) groups is 2. The van der Waals surface area contributed by atoms with Crippen molar-refractivity contribution in [1.29, 1.82) is 0 Å². The lowest BCUT2D eigenvalue weighted by molar-refractivity contribution is -0.126. The Labute approximate surface area is 183 Å². The molecule has 1 atom stereocenters. The number of aromatic nitrogens is 1. The maximum absolute atomic E-state index is 12.7. The summed E-state index contributed by atoms with van der Waals surface area (Å²) in [5.41, 5.74) is 2.06. The van der Waals surface area contributed by atoms with Gasteiger partial charge in [-0.25, -0.2) is 0 Å². The third-order valence-electron chi connectivity index (χ3n) is 5.53. The lowest BCUT2D eigenvalue weighted by Gasteiger charge is -2.17. The summed E-state index contributed by atoms with van der Waals surface area (Å²) in [7, 11) is 1.57. The van der Waals surface area contributed by atoms with E-state index in [4.69, 9.17) is 13.7 Å². The van der Waals surface area contributed by atoms with Gasteiger partial charge in [0.15, 0.2) is 5.76 Å². The van der Waals surface area contributed by atoms with Crippen LogP contribution in [0.15, 0.2) is 69.6 Å². The molecule has 162 valence electrons. The molecular formula is C24H21N3O5. The number of rotatable bonds is 6. The molecule has 1 N–H and O–H groups in total. The Balaban J connectivity index is 1.21. The molecule has 0 radical (unpaired) electrons. The predicted octanol–water partition coefficient (Wildman–Crippen LogP) is 3.77. The third kappa shape index (κ3) is 3.82. The number of hydrogen-bond donors (Lipinski definition) is 1. The highest BCUT2D eigenvalue weighted by Crippen LogP contribution is 2.29. The van der Waals surface area contributed by atoms with Crippen LogP contribution in [0.3, 0.4) is 0 Å². The average Bonchev–Trinajstić information content (AvgIpc) is 3.55. The lowest BCUT2D eigenvalue weighted by Crippen LogP contribution is -2.32. The Bertz CT molecular complexity index is 1260. The quantitative estimate of drug-likeness (QED) is 0.499. The molecule has 1 saturated heterocycles. The van der Waals surface area contributed by atoms with Crippen molar-refractivity contribution in [3.05, 3.63) is 66.4 Å². The molecule has 0 bridgehead atoms. The van der Waals surface area contributed by atoms with E-state index in [0.29, 0.717) is 29.5 Å². The number of methoxy groups -OCH3 is 1. The van der Waals surface area contributed by atoms with Crippen LogP contribution in [0.4, 0.5) is 5.69 Å². The van der Waals surface area contributed by atoms with Crippen molar-refractivity contribution in [3.63, 3.8) is 0 Å². The molecule has 0 aliphatic carbocycles. The van der Waals surface area contributed by atoms with E-state index < -0.39 is 5.92 Å². The van der Waals surface area contributed by atoms with Gasteiger partial charge in [-0.15, -0.1) is 0 Å². The van der Waals surface area contributed by atoms with Crippen LogP contribution in [0.2, 0.25) is 0 Å². The van der Waals surface area contributed by atoms with Crippen LogP contribution in [-0.4, -0.2) is 30.6 Å². The summed E-state index contributed by atoms with van der Waals surface area (Å²) < 4.78 is 16.4. The van der Waals surface area contributed by atoms with E-state index in [9.17, 15) is 9.59 Å². The highest BCUT2D eigenvalue weighted by molar-refractivity contribution is 6.00. The zero-order valence-corrected chi connectivity index (χ0v) is 17.4. The van der Waals surface area contributed by atoms with E-state index >= 15 is 0 Å². The zero-order valence-electron chi connectivity index (χ0n) is 17.4. The second kappa shape index (κ2) is 8.22. The van der Waals surface area contributed by atoms with Crippen LogP contribution in [0.1, 0.15) is 12.1 Å². The molecule has 0 saturated carbocycles.